The molecule has 3 rings (SSSR count). The molecular formula is C27H38N2OS. The first-order valence-electron chi connectivity index (χ1n) is 11.8. The van der Waals surface area contributed by atoms with Gasteiger partial charge < -0.3 is 15.0 Å². The molecule has 0 unspecified atom stereocenters. The summed E-state index contributed by atoms with van der Waals surface area (Å²) in [6.07, 6.45) is 9.13. The van der Waals surface area contributed by atoms with Crippen molar-refractivity contribution >= 4 is 17.3 Å². The number of benzene rings is 2. The summed E-state index contributed by atoms with van der Waals surface area (Å²) >= 11 is 5.94. The number of nitrogens with zero attached hydrogens (tertiary/aromatic N) is 1. The van der Waals surface area contributed by atoms with E-state index in [4.69, 9.17) is 17.0 Å². The summed E-state index contributed by atoms with van der Waals surface area (Å²) in [5, 5.41) is 4.58. The van der Waals surface area contributed by atoms with Crippen LogP contribution in [0.2, 0.25) is 0 Å². The van der Waals surface area contributed by atoms with Gasteiger partial charge in [0.1, 0.15) is 5.75 Å². The van der Waals surface area contributed by atoms with Crippen LogP contribution in [0.4, 0.5) is 0 Å². The maximum atomic E-state index is 5.94. The lowest BCUT2D eigenvalue weighted by atomic mass is 9.97. The Morgan fingerprint density at radius 2 is 1.42 bits per heavy atom. The molecule has 1 aliphatic carbocycles. The lowest BCUT2D eigenvalue weighted by Crippen LogP contribution is -2.44. The summed E-state index contributed by atoms with van der Waals surface area (Å²) in [5.41, 5.74) is 3.90. The van der Waals surface area contributed by atoms with Crippen molar-refractivity contribution in [2.45, 2.75) is 83.8 Å². The van der Waals surface area contributed by atoms with Crippen LogP contribution in [-0.4, -0.2) is 23.2 Å². The summed E-state index contributed by atoms with van der Waals surface area (Å²) in [7, 11) is 1.70. The van der Waals surface area contributed by atoms with E-state index in [1.54, 1.807) is 7.11 Å². The highest BCUT2D eigenvalue weighted by molar-refractivity contribution is 7.80. The van der Waals surface area contributed by atoms with Crippen molar-refractivity contribution in [2.75, 3.05) is 7.11 Å². The SMILES string of the molecule is COc1ccc(CN(Cc2ccc(C(C)C)cc2)C(=S)NC2CCCCCCC2)cc1. The molecule has 4 heteroatoms. The lowest BCUT2D eigenvalue weighted by Gasteiger charge is -2.30. The van der Waals surface area contributed by atoms with Gasteiger partial charge in [0.05, 0.1) is 7.11 Å². The fourth-order valence-corrected chi connectivity index (χ4v) is 4.54. The molecule has 0 saturated heterocycles. The van der Waals surface area contributed by atoms with E-state index in [0.29, 0.717) is 12.0 Å². The molecule has 1 fully saturated rings. The molecule has 0 aliphatic heterocycles. The third-order valence-corrected chi connectivity index (χ3v) is 6.65. The van der Waals surface area contributed by atoms with E-state index < -0.39 is 0 Å². The van der Waals surface area contributed by atoms with Gasteiger partial charge in [-0.05, 0) is 59.8 Å². The molecule has 168 valence electrons. The molecule has 0 radical (unpaired) electrons. The highest BCUT2D eigenvalue weighted by atomic mass is 32.1. The number of rotatable bonds is 7. The van der Waals surface area contributed by atoms with Gasteiger partial charge in [-0.2, -0.15) is 0 Å². The Balaban J connectivity index is 1.72. The van der Waals surface area contributed by atoms with Crippen LogP contribution >= 0.6 is 12.2 Å². The van der Waals surface area contributed by atoms with Gasteiger partial charge in [-0.15, -0.1) is 0 Å². The van der Waals surface area contributed by atoms with Crippen molar-refractivity contribution in [1.82, 2.24) is 10.2 Å². The molecular weight excluding hydrogens is 400 g/mol. The zero-order valence-electron chi connectivity index (χ0n) is 19.4. The van der Waals surface area contributed by atoms with Gasteiger partial charge in [-0.25, -0.2) is 0 Å². The highest BCUT2D eigenvalue weighted by Gasteiger charge is 2.17. The van der Waals surface area contributed by atoms with E-state index in [1.165, 1.54) is 61.6 Å². The third kappa shape index (κ3) is 7.53. The van der Waals surface area contributed by atoms with E-state index >= 15 is 0 Å². The fraction of sp³-hybridized carbons (Fsp3) is 0.519. The van der Waals surface area contributed by atoms with Crippen LogP contribution in [0.1, 0.15) is 81.4 Å². The Hall–Kier alpha value is -2.07. The maximum absolute atomic E-state index is 5.94. The molecule has 0 heterocycles. The largest absolute Gasteiger partial charge is 0.497 e. The maximum Gasteiger partial charge on any atom is 0.169 e. The Morgan fingerprint density at radius 1 is 0.903 bits per heavy atom. The van der Waals surface area contributed by atoms with Crippen molar-refractivity contribution in [3.05, 3.63) is 65.2 Å². The Labute approximate surface area is 194 Å². The Bertz CT molecular complexity index is 793. The van der Waals surface area contributed by atoms with E-state index in [0.717, 1.165) is 24.0 Å². The van der Waals surface area contributed by atoms with E-state index in [1.807, 2.05) is 12.1 Å². The molecule has 1 aliphatic rings. The molecule has 0 atom stereocenters. The monoisotopic (exact) mass is 438 g/mol. The average molecular weight is 439 g/mol. The van der Waals surface area contributed by atoms with E-state index in [2.05, 4.69) is 60.5 Å². The molecule has 0 amide bonds. The predicted octanol–water partition coefficient (Wildman–Crippen LogP) is 6.81. The van der Waals surface area contributed by atoms with Crippen molar-refractivity contribution in [2.24, 2.45) is 0 Å². The molecule has 2 aromatic rings. The Morgan fingerprint density at radius 3 is 1.94 bits per heavy atom. The molecule has 3 nitrogen and oxygen atoms in total. The van der Waals surface area contributed by atoms with E-state index in [9.17, 15) is 0 Å². The Kier molecular flexibility index (Phi) is 9.20. The predicted molar refractivity (Wildman–Crippen MR) is 135 cm³/mol. The molecule has 31 heavy (non-hydrogen) atoms. The molecule has 0 aromatic heterocycles. The van der Waals surface area contributed by atoms with Crippen molar-refractivity contribution in [3.63, 3.8) is 0 Å². The van der Waals surface area contributed by atoms with Crippen LogP contribution in [0.5, 0.6) is 5.75 Å². The zero-order valence-corrected chi connectivity index (χ0v) is 20.2. The van der Waals surface area contributed by atoms with Crippen LogP contribution in [-0.2, 0) is 13.1 Å². The van der Waals surface area contributed by atoms with Gasteiger partial charge in [0.15, 0.2) is 5.11 Å². The first kappa shape index (κ1) is 23.6. The van der Waals surface area contributed by atoms with Crippen LogP contribution in [0.15, 0.2) is 48.5 Å². The smallest absolute Gasteiger partial charge is 0.169 e. The summed E-state index contributed by atoms with van der Waals surface area (Å²) in [5.74, 6) is 1.43. The second-order valence-electron chi connectivity index (χ2n) is 9.09. The van der Waals surface area contributed by atoms with Crippen LogP contribution < -0.4 is 10.1 Å². The van der Waals surface area contributed by atoms with Crippen LogP contribution in [0.3, 0.4) is 0 Å². The van der Waals surface area contributed by atoms with Gasteiger partial charge in [-0.3, -0.25) is 0 Å². The van der Waals surface area contributed by atoms with Crippen molar-refractivity contribution in [1.29, 1.82) is 0 Å². The molecule has 0 bridgehead atoms. The molecule has 0 spiro atoms. The summed E-state index contributed by atoms with van der Waals surface area (Å²) in [4.78, 5) is 2.31. The first-order chi connectivity index (χ1) is 15.0. The normalized spacial score (nSPS) is 15.2. The minimum Gasteiger partial charge on any atom is -0.497 e. The summed E-state index contributed by atoms with van der Waals surface area (Å²) in [6.45, 7) is 6.06. The minimum atomic E-state index is 0.495. The topological polar surface area (TPSA) is 24.5 Å². The third-order valence-electron chi connectivity index (χ3n) is 6.27. The quantitative estimate of drug-likeness (QED) is 0.480. The van der Waals surface area contributed by atoms with Crippen molar-refractivity contribution in [3.8, 4) is 5.75 Å². The first-order valence-corrected chi connectivity index (χ1v) is 12.2. The van der Waals surface area contributed by atoms with Crippen molar-refractivity contribution < 1.29 is 4.74 Å². The number of ether oxygens (including phenoxy) is 1. The lowest BCUT2D eigenvalue weighted by molar-refractivity contribution is 0.370. The number of thiocarbonyl (C=S) groups is 1. The summed E-state index contributed by atoms with van der Waals surface area (Å²) < 4.78 is 5.32. The van der Waals surface area contributed by atoms with Crippen LogP contribution in [0, 0.1) is 0 Å². The van der Waals surface area contributed by atoms with Gasteiger partial charge in [-0.1, -0.05) is 82.3 Å². The number of hydrogen-bond acceptors (Lipinski definition) is 2. The number of methoxy groups -OCH3 is 1. The molecule has 2 aromatic carbocycles. The average Bonchev–Trinajstić information content (AvgIpc) is 2.76. The number of nitrogens with one attached hydrogen (secondary N) is 1. The van der Waals surface area contributed by atoms with Gasteiger partial charge in [0.25, 0.3) is 0 Å². The van der Waals surface area contributed by atoms with Gasteiger partial charge >= 0.3 is 0 Å². The minimum absolute atomic E-state index is 0.495. The van der Waals surface area contributed by atoms with Gasteiger partial charge in [0.2, 0.25) is 0 Å². The fourth-order valence-electron chi connectivity index (χ4n) is 4.25. The second-order valence-corrected chi connectivity index (χ2v) is 9.48. The number of hydrogen-bond donors (Lipinski definition) is 1. The van der Waals surface area contributed by atoms with Crippen LogP contribution in [0.25, 0.3) is 0 Å². The van der Waals surface area contributed by atoms with E-state index in [-0.39, 0.29) is 0 Å². The highest BCUT2D eigenvalue weighted by Crippen LogP contribution is 2.20. The van der Waals surface area contributed by atoms with Gasteiger partial charge in [0, 0.05) is 19.1 Å². The second kappa shape index (κ2) is 12.1. The zero-order chi connectivity index (χ0) is 22.1. The standard InChI is InChI=1S/C27H38N2OS/c1-21(2)24-15-11-22(12-16-24)19-29(20-23-13-17-26(30-3)18-14-23)27(31)28-25-9-7-5-4-6-8-10-25/h11-18,21,25H,4-10,19-20H2,1-3H3,(H,28,31). The summed E-state index contributed by atoms with van der Waals surface area (Å²) in [6, 6.07) is 17.8. The molecule has 1 N–H and O–H groups in total. The molecule has 1 saturated carbocycles.